The molecule has 2 N–H and O–H groups in total. The van der Waals surface area contributed by atoms with E-state index in [-0.39, 0.29) is 11.8 Å². The molecule has 1 amide bonds. The molecule has 1 aromatic heterocycles. The van der Waals surface area contributed by atoms with E-state index in [0.29, 0.717) is 17.2 Å². The molecule has 6 heteroatoms. The van der Waals surface area contributed by atoms with Crippen LogP contribution in [0.5, 0.6) is 0 Å². The Balaban J connectivity index is 2.17. The molecule has 2 heterocycles. The lowest BCUT2D eigenvalue weighted by Crippen LogP contribution is -2.45. The van der Waals surface area contributed by atoms with Crippen LogP contribution >= 0.6 is 0 Å². The van der Waals surface area contributed by atoms with Crippen molar-refractivity contribution in [2.75, 3.05) is 25.0 Å². The Kier molecular flexibility index (Phi) is 5.50. The number of aromatic nitrogens is 2. The lowest BCUT2D eigenvalue weighted by molar-refractivity contribution is 0.0745. The Hall–Kier alpha value is -1.69. The fraction of sp³-hybridized carbons (Fsp3) is 0.667. The third kappa shape index (κ3) is 4.14. The maximum Gasteiger partial charge on any atom is 0.286 e. The zero-order valence-electron chi connectivity index (χ0n) is 13.1. The van der Waals surface area contributed by atoms with Gasteiger partial charge in [-0.05, 0) is 19.8 Å². The first-order chi connectivity index (χ1) is 10.1. The number of carbonyl (C=O) groups is 1. The van der Waals surface area contributed by atoms with E-state index in [4.69, 9.17) is 0 Å². The minimum absolute atomic E-state index is 0.155. The molecule has 0 spiro atoms. The van der Waals surface area contributed by atoms with Gasteiger partial charge < -0.3 is 5.32 Å². The SMILES string of the molecule is CCNc1cnc(C(C)C)nc1C(=O)NN1CCCCC1. The van der Waals surface area contributed by atoms with Gasteiger partial charge in [-0.3, -0.25) is 10.2 Å². The maximum atomic E-state index is 12.5. The largest absolute Gasteiger partial charge is 0.382 e. The Labute approximate surface area is 126 Å². The molecule has 116 valence electrons. The molecule has 0 atom stereocenters. The molecule has 1 saturated heterocycles. The van der Waals surface area contributed by atoms with Crippen molar-refractivity contribution < 1.29 is 4.79 Å². The van der Waals surface area contributed by atoms with Crippen LogP contribution in [-0.4, -0.2) is 40.5 Å². The lowest BCUT2D eigenvalue weighted by Gasteiger charge is -2.27. The fourth-order valence-electron chi connectivity index (χ4n) is 2.37. The van der Waals surface area contributed by atoms with Gasteiger partial charge in [0.25, 0.3) is 5.91 Å². The van der Waals surface area contributed by atoms with Crippen LogP contribution in [0.4, 0.5) is 5.69 Å². The van der Waals surface area contributed by atoms with Crippen LogP contribution in [0.3, 0.4) is 0 Å². The number of hydrazine groups is 1. The molecule has 0 saturated carbocycles. The van der Waals surface area contributed by atoms with Crippen LogP contribution in [0.1, 0.15) is 62.3 Å². The molecule has 0 unspecified atom stereocenters. The van der Waals surface area contributed by atoms with Crippen LogP contribution in [0.2, 0.25) is 0 Å². The number of hydrogen-bond donors (Lipinski definition) is 2. The van der Waals surface area contributed by atoms with Gasteiger partial charge in [0.05, 0.1) is 11.9 Å². The van der Waals surface area contributed by atoms with Crippen molar-refractivity contribution >= 4 is 11.6 Å². The number of nitrogens with zero attached hydrogens (tertiary/aromatic N) is 3. The van der Waals surface area contributed by atoms with Crippen molar-refractivity contribution in [1.29, 1.82) is 0 Å². The molecule has 2 rings (SSSR count). The van der Waals surface area contributed by atoms with Gasteiger partial charge in [-0.1, -0.05) is 20.3 Å². The van der Waals surface area contributed by atoms with Crippen LogP contribution in [0.25, 0.3) is 0 Å². The van der Waals surface area contributed by atoms with Gasteiger partial charge in [0, 0.05) is 25.6 Å². The smallest absolute Gasteiger partial charge is 0.286 e. The first kappa shape index (κ1) is 15.7. The van der Waals surface area contributed by atoms with Gasteiger partial charge in [-0.15, -0.1) is 0 Å². The van der Waals surface area contributed by atoms with Crippen molar-refractivity contribution in [1.82, 2.24) is 20.4 Å². The first-order valence-corrected chi connectivity index (χ1v) is 7.78. The number of anilines is 1. The summed E-state index contributed by atoms with van der Waals surface area (Å²) in [6.45, 7) is 8.58. The van der Waals surface area contributed by atoms with Gasteiger partial charge in [-0.2, -0.15) is 0 Å². The van der Waals surface area contributed by atoms with E-state index in [0.717, 1.165) is 32.5 Å². The van der Waals surface area contributed by atoms with Gasteiger partial charge >= 0.3 is 0 Å². The third-order valence-corrected chi connectivity index (χ3v) is 3.52. The standard InChI is InChI=1S/C15H25N5O/c1-4-16-12-10-17-14(11(2)3)18-13(12)15(21)19-20-8-6-5-7-9-20/h10-11,16H,4-9H2,1-3H3,(H,19,21). The van der Waals surface area contributed by atoms with Crippen molar-refractivity contribution in [3.05, 3.63) is 17.7 Å². The monoisotopic (exact) mass is 291 g/mol. The van der Waals surface area contributed by atoms with Crippen molar-refractivity contribution in [3.63, 3.8) is 0 Å². The Morgan fingerprint density at radius 3 is 2.67 bits per heavy atom. The highest BCUT2D eigenvalue weighted by atomic mass is 16.2. The highest BCUT2D eigenvalue weighted by Crippen LogP contribution is 2.17. The molecular formula is C15H25N5O. The molecule has 6 nitrogen and oxygen atoms in total. The van der Waals surface area contributed by atoms with E-state index in [1.165, 1.54) is 6.42 Å². The average Bonchev–Trinajstić information content (AvgIpc) is 2.48. The molecular weight excluding hydrogens is 266 g/mol. The highest BCUT2D eigenvalue weighted by Gasteiger charge is 2.19. The van der Waals surface area contributed by atoms with Gasteiger partial charge in [0.1, 0.15) is 5.82 Å². The van der Waals surface area contributed by atoms with E-state index in [2.05, 4.69) is 20.7 Å². The minimum atomic E-state index is -0.155. The minimum Gasteiger partial charge on any atom is -0.382 e. The summed E-state index contributed by atoms with van der Waals surface area (Å²) in [7, 11) is 0. The van der Waals surface area contributed by atoms with Crippen molar-refractivity contribution in [2.45, 2.75) is 46.0 Å². The van der Waals surface area contributed by atoms with E-state index in [9.17, 15) is 4.79 Å². The second kappa shape index (κ2) is 7.36. The van der Waals surface area contributed by atoms with Gasteiger partial charge in [0.15, 0.2) is 5.69 Å². The summed E-state index contributed by atoms with van der Waals surface area (Å²) in [5.74, 6) is 0.736. The van der Waals surface area contributed by atoms with E-state index >= 15 is 0 Å². The summed E-state index contributed by atoms with van der Waals surface area (Å²) in [5.41, 5.74) is 4.09. The summed E-state index contributed by atoms with van der Waals surface area (Å²) in [5, 5.41) is 5.14. The fourth-order valence-corrected chi connectivity index (χ4v) is 2.37. The van der Waals surface area contributed by atoms with Gasteiger partial charge in [0.2, 0.25) is 0 Å². The average molecular weight is 291 g/mol. The molecule has 1 fully saturated rings. The van der Waals surface area contributed by atoms with Crippen molar-refractivity contribution in [3.8, 4) is 0 Å². The molecule has 1 aliphatic heterocycles. The summed E-state index contributed by atoms with van der Waals surface area (Å²) in [4.78, 5) is 21.3. The number of amides is 1. The predicted molar refractivity (Wildman–Crippen MR) is 83.2 cm³/mol. The molecule has 0 aliphatic carbocycles. The first-order valence-electron chi connectivity index (χ1n) is 7.78. The molecule has 0 bridgehead atoms. The van der Waals surface area contributed by atoms with E-state index in [1.54, 1.807) is 6.20 Å². The summed E-state index contributed by atoms with van der Waals surface area (Å²) in [6.07, 6.45) is 5.19. The van der Waals surface area contributed by atoms with E-state index < -0.39 is 0 Å². The summed E-state index contributed by atoms with van der Waals surface area (Å²) in [6, 6.07) is 0. The highest BCUT2D eigenvalue weighted by molar-refractivity contribution is 5.97. The Morgan fingerprint density at radius 1 is 1.33 bits per heavy atom. The normalized spacial score (nSPS) is 16.0. The Morgan fingerprint density at radius 2 is 2.05 bits per heavy atom. The number of hydrogen-bond acceptors (Lipinski definition) is 5. The molecule has 21 heavy (non-hydrogen) atoms. The zero-order valence-corrected chi connectivity index (χ0v) is 13.1. The molecule has 1 aromatic rings. The molecule has 0 radical (unpaired) electrons. The Bertz CT molecular complexity index is 483. The number of piperidine rings is 1. The second-order valence-corrected chi connectivity index (χ2v) is 5.66. The second-order valence-electron chi connectivity index (χ2n) is 5.66. The number of nitrogens with one attached hydrogen (secondary N) is 2. The summed E-state index contributed by atoms with van der Waals surface area (Å²) >= 11 is 0. The maximum absolute atomic E-state index is 12.5. The van der Waals surface area contributed by atoms with Crippen LogP contribution in [0, 0.1) is 0 Å². The quantitative estimate of drug-likeness (QED) is 0.870. The molecule has 1 aliphatic rings. The number of carbonyl (C=O) groups excluding carboxylic acids is 1. The third-order valence-electron chi connectivity index (χ3n) is 3.52. The zero-order chi connectivity index (χ0) is 15.2. The lowest BCUT2D eigenvalue weighted by atomic mass is 10.2. The van der Waals surface area contributed by atoms with Crippen LogP contribution in [-0.2, 0) is 0 Å². The van der Waals surface area contributed by atoms with Crippen LogP contribution < -0.4 is 10.7 Å². The number of rotatable bonds is 5. The van der Waals surface area contributed by atoms with Crippen LogP contribution in [0.15, 0.2) is 6.20 Å². The van der Waals surface area contributed by atoms with Crippen molar-refractivity contribution in [2.24, 2.45) is 0 Å². The molecule has 0 aromatic carbocycles. The van der Waals surface area contributed by atoms with E-state index in [1.807, 2.05) is 25.8 Å². The summed E-state index contributed by atoms with van der Waals surface area (Å²) < 4.78 is 0. The van der Waals surface area contributed by atoms with Gasteiger partial charge in [-0.25, -0.2) is 15.0 Å². The predicted octanol–water partition coefficient (Wildman–Crippen LogP) is 2.16. The topological polar surface area (TPSA) is 70.1 Å².